The Kier molecular flexibility index (Phi) is 6.19. The van der Waals surface area contributed by atoms with Crippen LogP contribution >= 0.6 is 11.3 Å². The minimum atomic E-state index is 0.957. The van der Waals surface area contributed by atoms with Crippen molar-refractivity contribution in [3.05, 3.63) is 77.3 Å². The maximum absolute atomic E-state index is 5.05. The predicted octanol–water partition coefficient (Wildman–Crippen LogP) is 8.29. The fourth-order valence-corrected chi connectivity index (χ4v) is 5.08. The SMILES string of the molecule is C=C(CCCCC)c1cc(-c2csc(-c3ccccc3C)n2)n(C2=CC=CC2)c1C. The van der Waals surface area contributed by atoms with Crippen LogP contribution in [-0.2, 0) is 0 Å². The van der Waals surface area contributed by atoms with Crippen LogP contribution in [0.3, 0.4) is 0 Å². The Labute approximate surface area is 184 Å². The standard InChI is InChI=1S/C27H30N2S/c1-5-6-7-12-20(3)24-17-26(29(21(24)4)22-14-9-10-15-22)25-18-30-27(28-25)23-16-11-8-13-19(23)2/h8-11,13-14,16-18H,3,5-7,12,15H2,1-2,4H3. The van der Waals surface area contributed by atoms with Crippen molar-refractivity contribution >= 4 is 22.6 Å². The van der Waals surface area contributed by atoms with Crippen LogP contribution in [0, 0.1) is 13.8 Å². The molecule has 0 radical (unpaired) electrons. The number of aryl methyl sites for hydroxylation is 1. The second kappa shape index (κ2) is 9.01. The summed E-state index contributed by atoms with van der Waals surface area (Å²) in [6, 6.07) is 10.8. The Morgan fingerprint density at radius 1 is 1.20 bits per heavy atom. The van der Waals surface area contributed by atoms with Gasteiger partial charge in [0.1, 0.15) is 5.01 Å². The minimum Gasteiger partial charge on any atom is -0.315 e. The highest BCUT2D eigenvalue weighted by atomic mass is 32.1. The zero-order valence-electron chi connectivity index (χ0n) is 18.2. The van der Waals surface area contributed by atoms with Crippen molar-refractivity contribution in [3.8, 4) is 22.0 Å². The first-order chi connectivity index (χ1) is 14.6. The third-order valence-electron chi connectivity index (χ3n) is 5.89. The number of rotatable bonds is 8. The molecule has 3 aromatic rings. The van der Waals surface area contributed by atoms with Gasteiger partial charge < -0.3 is 4.57 Å². The third kappa shape index (κ3) is 3.99. The zero-order valence-corrected chi connectivity index (χ0v) is 19.1. The number of aromatic nitrogens is 2. The Hall–Kier alpha value is -2.65. The summed E-state index contributed by atoms with van der Waals surface area (Å²) in [5, 5.41) is 3.27. The Morgan fingerprint density at radius 3 is 2.77 bits per heavy atom. The molecule has 0 spiro atoms. The molecule has 0 aliphatic heterocycles. The Morgan fingerprint density at radius 2 is 2.03 bits per heavy atom. The van der Waals surface area contributed by atoms with Gasteiger partial charge in [0, 0.05) is 28.8 Å². The second-order valence-corrected chi connectivity index (χ2v) is 8.93. The highest BCUT2D eigenvalue weighted by molar-refractivity contribution is 7.13. The van der Waals surface area contributed by atoms with E-state index in [-0.39, 0.29) is 0 Å². The number of allylic oxidation sites excluding steroid dienone is 5. The maximum Gasteiger partial charge on any atom is 0.124 e. The molecule has 1 aliphatic rings. The molecule has 154 valence electrons. The van der Waals surface area contributed by atoms with Crippen LogP contribution in [0.15, 0.2) is 60.5 Å². The quantitative estimate of drug-likeness (QED) is 0.339. The molecule has 0 N–H and O–H groups in total. The molecular formula is C27H30N2S. The van der Waals surface area contributed by atoms with Crippen LogP contribution in [0.25, 0.3) is 33.2 Å². The average molecular weight is 415 g/mol. The summed E-state index contributed by atoms with van der Waals surface area (Å²) in [5.41, 5.74) is 9.78. The van der Waals surface area contributed by atoms with Crippen molar-refractivity contribution in [1.29, 1.82) is 0 Å². The van der Waals surface area contributed by atoms with E-state index in [1.807, 2.05) is 0 Å². The fraction of sp³-hybridized carbons (Fsp3) is 0.296. The monoisotopic (exact) mass is 414 g/mol. The molecule has 4 rings (SSSR count). The van der Waals surface area contributed by atoms with Crippen molar-refractivity contribution < 1.29 is 0 Å². The number of hydrogen-bond donors (Lipinski definition) is 0. The van der Waals surface area contributed by atoms with E-state index in [2.05, 4.69) is 85.9 Å². The van der Waals surface area contributed by atoms with Gasteiger partial charge in [0.25, 0.3) is 0 Å². The van der Waals surface area contributed by atoms with Crippen LogP contribution in [-0.4, -0.2) is 9.55 Å². The maximum atomic E-state index is 5.05. The van der Waals surface area contributed by atoms with E-state index in [9.17, 15) is 0 Å². The lowest BCUT2D eigenvalue weighted by Crippen LogP contribution is -2.01. The van der Waals surface area contributed by atoms with Gasteiger partial charge >= 0.3 is 0 Å². The first-order valence-electron chi connectivity index (χ1n) is 10.9. The lowest BCUT2D eigenvalue weighted by molar-refractivity contribution is 0.735. The van der Waals surface area contributed by atoms with Gasteiger partial charge in [-0.15, -0.1) is 11.3 Å². The summed E-state index contributed by atoms with van der Waals surface area (Å²) in [5.74, 6) is 0. The Bertz CT molecular complexity index is 1120. The zero-order chi connectivity index (χ0) is 21.1. The van der Waals surface area contributed by atoms with Crippen molar-refractivity contribution in [2.75, 3.05) is 0 Å². The Balaban J connectivity index is 1.75. The van der Waals surface area contributed by atoms with E-state index in [1.165, 1.54) is 58.6 Å². The summed E-state index contributed by atoms with van der Waals surface area (Å²) < 4.78 is 2.39. The normalized spacial score (nSPS) is 13.1. The van der Waals surface area contributed by atoms with Crippen LogP contribution < -0.4 is 0 Å². The topological polar surface area (TPSA) is 17.8 Å². The molecule has 2 heterocycles. The van der Waals surface area contributed by atoms with Crippen LogP contribution in [0.4, 0.5) is 0 Å². The molecule has 30 heavy (non-hydrogen) atoms. The molecule has 3 heteroatoms. The molecule has 1 aliphatic carbocycles. The number of benzene rings is 1. The average Bonchev–Trinajstić information content (AvgIpc) is 3.48. The second-order valence-electron chi connectivity index (χ2n) is 8.07. The largest absolute Gasteiger partial charge is 0.315 e. The molecule has 0 amide bonds. The summed E-state index contributed by atoms with van der Waals surface area (Å²) >= 11 is 1.72. The molecule has 1 aromatic carbocycles. The van der Waals surface area contributed by atoms with Crippen molar-refractivity contribution in [2.45, 2.75) is 52.9 Å². The van der Waals surface area contributed by atoms with Gasteiger partial charge in [0.05, 0.1) is 11.4 Å². The summed E-state index contributed by atoms with van der Waals surface area (Å²) in [4.78, 5) is 5.05. The van der Waals surface area contributed by atoms with Gasteiger partial charge in [0.2, 0.25) is 0 Å². The van der Waals surface area contributed by atoms with Crippen LogP contribution in [0.5, 0.6) is 0 Å². The van der Waals surface area contributed by atoms with Gasteiger partial charge in [-0.1, -0.05) is 62.8 Å². The molecule has 0 atom stereocenters. The number of thiazole rings is 1. The summed E-state index contributed by atoms with van der Waals surface area (Å²) in [6.45, 7) is 11.0. The minimum absolute atomic E-state index is 0.957. The molecular weight excluding hydrogens is 384 g/mol. The van der Waals surface area contributed by atoms with E-state index in [4.69, 9.17) is 4.98 Å². The van der Waals surface area contributed by atoms with E-state index in [0.29, 0.717) is 0 Å². The number of unbranched alkanes of at least 4 members (excludes halogenated alkanes) is 2. The first-order valence-corrected chi connectivity index (χ1v) is 11.8. The van der Waals surface area contributed by atoms with Crippen LogP contribution in [0.2, 0.25) is 0 Å². The fourth-order valence-electron chi connectivity index (χ4n) is 4.18. The molecule has 0 fully saturated rings. The van der Waals surface area contributed by atoms with Gasteiger partial charge in [0.15, 0.2) is 0 Å². The van der Waals surface area contributed by atoms with Gasteiger partial charge in [-0.25, -0.2) is 4.98 Å². The van der Waals surface area contributed by atoms with Gasteiger partial charge in [-0.05, 0) is 55.5 Å². The van der Waals surface area contributed by atoms with Gasteiger partial charge in [-0.2, -0.15) is 0 Å². The van der Waals surface area contributed by atoms with E-state index >= 15 is 0 Å². The van der Waals surface area contributed by atoms with Crippen molar-refractivity contribution in [3.63, 3.8) is 0 Å². The molecule has 2 nitrogen and oxygen atoms in total. The van der Waals surface area contributed by atoms with E-state index in [1.54, 1.807) is 11.3 Å². The summed E-state index contributed by atoms with van der Waals surface area (Å²) in [7, 11) is 0. The van der Waals surface area contributed by atoms with E-state index in [0.717, 1.165) is 23.5 Å². The lowest BCUT2D eigenvalue weighted by atomic mass is 10.0. The number of nitrogens with zero attached hydrogens (tertiary/aromatic N) is 2. The molecule has 0 unspecified atom stereocenters. The first kappa shape index (κ1) is 20.6. The smallest absolute Gasteiger partial charge is 0.124 e. The van der Waals surface area contributed by atoms with Crippen molar-refractivity contribution in [1.82, 2.24) is 9.55 Å². The number of hydrogen-bond acceptors (Lipinski definition) is 2. The molecule has 0 bridgehead atoms. The van der Waals surface area contributed by atoms with Gasteiger partial charge in [-0.3, -0.25) is 0 Å². The molecule has 0 saturated heterocycles. The highest BCUT2D eigenvalue weighted by Crippen LogP contribution is 2.37. The van der Waals surface area contributed by atoms with Crippen molar-refractivity contribution in [2.24, 2.45) is 0 Å². The predicted molar refractivity (Wildman–Crippen MR) is 132 cm³/mol. The van der Waals surface area contributed by atoms with Crippen LogP contribution in [0.1, 0.15) is 55.8 Å². The third-order valence-corrected chi connectivity index (χ3v) is 6.77. The molecule has 2 aromatic heterocycles. The summed E-state index contributed by atoms with van der Waals surface area (Å²) in [6.07, 6.45) is 12.3. The highest BCUT2D eigenvalue weighted by Gasteiger charge is 2.20. The lowest BCUT2D eigenvalue weighted by Gasteiger charge is -2.12. The van der Waals surface area contributed by atoms with E-state index < -0.39 is 0 Å². The molecule has 0 saturated carbocycles.